The summed E-state index contributed by atoms with van der Waals surface area (Å²) < 4.78 is 18.2. The van der Waals surface area contributed by atoms with Crippen molar-refractivity contribution in [3.05, 3.63) is 45.7 Å². The van der Waals surface area contributed by atoms with E-state index in [4.69, 9.17) is 10.5 Å². The Morgan fingerprint density at radius 2 is 2.33 bits per heavy atom. The molecule has 6 heteroatoms. The topological polar surface area (TPSA) is 65.2 Å². The van der Waals surface area contributed by atoms with E-state index in [9.17, 15) is 9.18 Å². The molecule has 0 atom stereocenters. The first-order valence-corrected chi connectivity index (χ1v) is 6.06. The van der Waals surface area contributed by atoms with Gasteiger partial charge in [0, 0.05) is 11.9 Å². The van der Waals surface area contributed by atoms with Crippen LogP contribution in [0.1, 0.15) is 21.1 Å². The first kappa shape index (κ1) is 12.7. The number of methoxy groups -OCH3 is 1. The molecule has 0 bridgehead atoms. The summed E-state index contributed by atoms with van der Waals surface area (Å²) in [5.41, 5.74) is 5.85. The molecule has 0 saturated heterocycles. The molecular weight excluding hydrogens is 255 g/mol. The van der Waals surface area contributed by atoms with E-state index in [-0.39, 0.29) is 23.6 Å². The minimum Gasteiger partial charge on any atom is -0.496 e. The number of hydrogen-bond donors (Lipinski definition) is 1. The average molecular weight is 266 g/mol. The van der Waals surface area contributed by atoms with Gasteiger partial charge in [0.25, 0.3) is 0 Å². The van der Waals surface area contributed by atoms with Gasteiger partial charge in [-0.05, 0) is 18.2 Å². The summed E-state index contributed by atoms with van der Waals surface area (Å²) in [5.74, 6) is -0.542. The number of hydrogen-bond acceptors (Lipinski definition) is 5. The molecule has 0 spiro atoms. The molecule has 1 heterocycles. The van der Waals surface area contributed by atoms with Crippen molar-refractivity contribution in [2.45, 2.75) is 6.54 Å². The lowest BCUT2D eigenvalue weighted by atomic mass is 10.1. The standard InChI is InChI=1S/C12H11FN2O2S/c1-17-10-3-2-7(13)4-8(10)12(16)9-6-18-11(5-14)15-9/h2-4,6H,5,14H2,1H3. The minimum atomic E-state index is -0.492. The second kappa shape index (κ2) is 5.24. The third kappa shape index (κ3) is 2.39. The molecule has 0 unspecified atom stereocenters. The zero-order valence-corrected chi connectivity index (χ0v) is 10.5. The van der Waals surface area contributed by atoms with Gasteiger partial charge in [-0.1, -0.05) is 0 Å². The third-order valence-corrected chi connectivity index (χ3v) is 3.24. The maximum atomic E-state index is 13.2. The number of benzene rings is 1. The SMILES string of the molecule is COc1ccc(F)cc1C(=O)c1csc(CN)n1. The molecule has 1 aromatic heterocycles. The van der Waals surface area contributed by atoms with Gasteiger partial charge < -0.3 is 10.5 Å². The monoisotopic (exact) mass is 266 g/mol. The Bertz CT molecular complexity index is 583. The number of carbonyl (C=O) groups is 1. The fraction of sp³-hybridized carbons (Fsp3) is 0.167. The Labute approximate surface area is 107 Å². The summed E-state index contributed by atoms with van der Waals surface area (Å²) in [6.45, 7) is 0.276. The number of ketones is 1. The van der Waals surface area contributed by atoms with Crippen LogP contribution in [0.4, 0.5) is 4.39 Å². The van der Waals surface area contributed by atoms with Crippen LogP contribution in [0.25, 0.3) is 0 Å². The molecule has 0 fully saturated rings. The second-order valence-corrected chi connectivity index (χ2v) is 4.45. The van der Waals surface area contributed by atoms with Gasteiger partial charge in [0.15, 0.2) is 0 Å². The smallest absolute Gasteiger partial charge is 0.216 e. The number of aromatic nitrogens is 1. The van der Waals surface area contributed by atoms with Gasteiger partial charge in [-0.25, -0.2) is 9.37 Å². The number of carbonyl (C=O) groups excluding carboxylic acids is 1. The van der Waals surface area contributed by atoms with Gasteiger partial charge in [0.1, 0.15) is 22.3 Å². The number of nitrogens with two attached hydrogens (primary N) is 1. The van der Waals surface area contributed by atoms with Crippen LogP contribution in [-0.4, -0.2) is 17.9 Å². The average Bonchev–Trinajstić information content (AvgIpc) is 2.86. The predicted octanol–water partition coefficient (Wildman–Crippen LogP) is 1.98. The van der Waals surface area contributed by atoms with Gasteiger partial charge in [0.2, 0.25) is 5.78 Å². The van der Waals surface area contributed by atoms with Gasteiger partial charge >= 0.3 is 0 Å². The van der Waals surface area contributed by atoms with Gasteiger partial charge in [-0.15, -0.1) is 11.3 Å². The Kier molecular flexibility index (Phi) is 3.69. The van der Waals surface area contributed by atoms with E-state index in [0.717, 1.165) is 6.07 Å². The largest absolute Gasteiger partial charge is 0.496 e. The van der Waals surface area contributed by atoms with Crippen LogP contribution in [0.5, 0.6) is 5.75 Å². The summed E-state index contributed by atoms with van der Waals surface area (Å²) >= 11 is 1.30. The Balaban J connectivity index is 2.41. The Hall–Kier alpha value is -1.79. The fourth-order valence-corrected chi connectivity index (χ4v) is 2.16. The van der Waals surface area contributed by atoms with E-state index < -0.39 is 5.82 Å². The Morgan fingerprint density at radius 3 is 2.94 bits per heavy atom. The van der Waals surface area contributed by atoms with Gasteiger partial charge in [0.05, 0.1) is 12.7 Å². The molecule has 1 aromatic carbocycles. The van der Waals surface area contributed by atoms with Gasteiger partial charge in [-0.2, -0.15) is 0 Å². The molecule has 0 aliphatic rings. The summed E-state index contributed by atoms with van der Waals surface area (Å²) in [6.07, 6.45) is 0. The zero-order chi connectivity index (χ0) is 13.1. The molecule has 0 radical (unpaired) electrons. The van der Waals surface area contributed by atoms with E-state index in [0.29, 0.717) is 10.8 Å². The highest BCUT2D eigenvalue weighted by Gasteiger charge is 2.18. The zero-order valence-electron chi connectivity index (χ0n) is 9.64. The van der Waals surface area contributed by atoms with Crippen molar-refractivity contribution < 1.29 is 13.9 Å². The molecule has 2 rings (SSSR count). The summed E-state index contributed by atoms with van der Waals surface area (Å²) in [5, 5.41) is 2.27. The van der Waals surface area contributed by atoms with Crippen LogP contribution < -0.4 is 10.5 Å². The van der Waals surface area contributed by atoms with Crippen LogP contribution in [-0.2, 0) is 6.54 Å². The normalized spacial score (nSPS) is 10.4. The lowest BCUT2D eigenvalue weighted by Gasteiger charge is -2.05. The molecule has 0 amide bonds. The van der Waals surface area contributed by atoms with E-state index in [1.807, 2.05) is 0 Å². The number of ether oxygens (including phenoxy) is 1. The molecule has 0 aliphatic carbocycles. The highest BCUT2D eigenvalue weighted by atomic mass is 32.1. The highest BCUT2D eigenvalue weighted by Crippen LogP contribution is 2.23. The summed E-state index contributed by atoms with van der Waals surface area (Å²) in [4.78, 5) is 16.2. The van der Waals surface area contributed by atoms with Crippen molar-refractivity contribution in [2.75, 3.05) is 7.11 Å². The molecule has 2 aromatic rings. The lowest BCUT2D eigenvalue weighted by Crippen LogP contribution is -2.06. The van der Waals surface area contributed by atoms with Gasteiger partial charge in [-0.3, -0.25) is 4.79 Å². The van der Waals surface area contributed by atoms with Crippen molar-refractivity contribution in [1.29, 1.82) is 0 Å². The van der Waals surface area contributed by atoms with Crippen LogP contribution in [0.2, 0.25) is 0 Å². The predicted molar refractivity (Wildman–Crippen MR) is 66.4 cm³/mol. The van der Waals surface area contributed by atoms with Crippen LogP contribution in [0, 0.1) is 5.82 Å². The van der Waals surface area contributed by atoms with Crippen molar-refractivity contribution in [3.63, 3.8) is 0 Å². The number of nitrogens with zero attached hydrogens (tertiary/aromatic N) is 1. The summed E-state index contributed by atoms with van der Waals surface area (Å²) in [7, 11) is 1.43. The number of halogens is 1. The molecule has 0 saturated carbocycles. The van der Waals surface area contributed by atoms with Crippen LogP contribution in [0.15, 0.2) is 23.6 Å². The van der Waals surface area contributed by atoms with E-state index >= 15 is 0 Å². The van der Waals surface area contributed by atoms with E-state index in [2.05, 4.69) is 4.98 Å². The van der Waals surface area contributed by atoms with E-state index in [1.165, 1.54) is 30.6 Å². The minimum absolute atomic E-state index is 0.159. The van der Waals surface area contributed by atoms with Crippen molar-refractivity contribution in [3.8, 4) is 5.75 Å². The molecule has 18 heavy (non-hydrogen) atoms. The quantitative estimate of drug-likeness (QED) is 0.859. The van der Waals surface area contributed by atoms with Crippen molar-refractivity contribution >= 4 is 17.1 Å². The van der Waals surface area contributed by atoms with Crippen molar-refractivity contribution in [1.82, 2.24) is 4.98 Å². The van der Waals surface area contributed by atoms with Crippen molar-refractivity contribution in [2.24, 2.45) is 5.73 Å². The first-order chi connectivity index (χ1) is 8.65. The van der Waals surface area contributed by atoms with E-state index in [1.54, 1.807) is 5.38 Å². The molecule has 4 nitrogen and oxygen atoms in total. The third-order valence-electron chi connectivity index (χ3n) is 2.37. The number of rotatable bonds is 4. The highest BCUT2D eigenvalue weighted by molar-refractivity contribution is 7.09. The van der Waals surface area contributed by atoms with Crippen LogP contribution >= 0.6 is 11.3 Å². The number of thiazole rings is 1. The summed E-state index contributed by atoms with van der Waals surface area (Å²) in [6, 6.07) is 3.80. The Morgan fingerprint density at radius 1 is 1.56 bits per heavy atom. The maximum Gasteiger partial charge on any atom is 0.216 e. The van der Waals surface area contributed by atoms with Crippen LogP contribution in [0.3, 0.4) is 0 Å². The first-order valence-electron chi connectivity index (χ1n) is 5.18. The molecule has 94 valence electrons. The lowest BCUT2D eigenvalue weighted by molar-refractivity contribution is 0.103. The molecular formula is C12H11FN2O2S. The molecule has 2 N–H and O–H groups in total. The second-order valence-electron chi connectivity index (χ2n) is 3.50. The maximum absolute atomic E-state index is 13.2. The fourth-order valence-electron chi connectivity index (χ4n) is 1.50. The molecule has 0 aliphatic heterocycles.